The molecule has 104 valence electrons. The fourth-order valence-electron chi connectivity index (χ4n) is 1.72. The SMILES string of the molecule is O=C(NCCC1OCCCO1)Nc1ccc(Cl)cc1. The molecular formula is C13H17ClN2O3. The molecule has 1 aliphatic rings. The van der Waals surface area contributed by atoms with Crippen molar-refractivity contribution in [1.29, 1.82) is 0 Å². The van der Waals surface area contributed by atoms with Gasteiger partial charge in [-0.2, -0.15) is 0 Å². The summed E-state index contributed by atoms with van der Waals surface area (Å²) in [6, 6.07) is 6.69. The molecule has 1 aliphatic heterocycles. The van der Waals surface area contributed by atoms with Crippen LogP contribution in [0.2, 0.25) is 5.02 Å². The molecule has 0 spiro atoms. The lowest BCUT2D eigenvalue weighted by Gasteiger charge is -2.23. The maximum Gasteiger partial charge on any atom is 0.319 e. The zero-order valence-electron chi connectivity index (χ0n) is 10.5. The first-order chi connectivity index (χ1) is 9.24. The van der Waals surface area contributed by atoms with Crippen LogP contribution in [0, 0.1) is 0 Å². The van der Waals surface area contributed by atoms with Crippen molar-refractivity contribution < 1.29 is 14.3 Å². The number of hydrogen-bond acceptors (Lipinski definition) is 3. The number of nitrogens with one attached hydrogen (secondary N) is 2. The summed E-state index contributed by atoms with van der Waals surface area (Å²) in [7, 11) is 0. The van der Waals surface area contributed by atoms with Gasteiger partial charge in [-0.05, 0) is 30.7 Å². The third kappa shape index (κ3) is 5.06. The van der Waals surface area contributed by atoms with Gasteiger partial charge in [0.15, 0.2) is 6.29 Å². The van der Waals surface area contributed by atoms with Crippen molar-refractivity contribution in [3.63, 3.8) is 0 Å². The molecule has 0 bridgehead atoms. The van der Waals surface area contributed by atoms with E-state index in [1.807, 2.05) is 0 Å². The molecule has 0 aliphatic carbocycles. The van der Waals surface area contributed by atoms with Gasteiger partial charge in [0, 0.05) is 23.7 Å². The molecule has 19 heavy (non-hydrogen) atoms. The Balaban J connectivity index is 1.65. The molecule has 1 aromatic rings. The zero-order valence-corrected chi connectivity index (χ0v) is 11.3. The number of halogens is 1. The van der Waals surface area contributed by atoms with Crippen LogP contribution in [0.25, 0.3) is 0 Å². The summed E-state index contributed by atoms with van der Waals surface area (Å²) in [6.07, 6.45) is 1.37. The van der Waals surface area contributed by atoms with E-state index in [9.17, 15) is 4.79 Å². The highest BCUT2D eigenvalue weighted by molar-refractivity contribution is 6.30. The number of benzene rings is 1. The largest absolute Gasteiger partial charge is 0.353 e. The van der Waals surface area contributed by atoms with E-state index in [2.05, 4.69) is 10.6 Å². The molecule has 1 fully saturated rings. The predicted molar refractivity (Wildman–Crippen MR) is 73.4 cm³/mol. The summed E-state index contributed by atoms with van der Waals surface area (Å²) in [6.45, 7) is 1.95. The molecule has 0 unspecified atom stereocenters. The highest BCUT2D eigenvalue weighted by Crippen LogP contribution is 2.13. The van der Waals surface area contributed by atoms with Gasteiger partial charge in [-0.25, -0.2) is 4.79 Å². The number of urea groups is 1. The van der Waals surface area contributed by atoms with Gasteiger partial charge in [0.2, 0.25) is 0 Å². The number of hydrogen-bond donors (Lipinski definition) is 2. The lowest BCUT2D eigenvalue weighted by atomic mass is 10.3. The van der Waals surface area contributed by atoms with E-state index in [0.717, 1.165) is 19.6 Å². The topological polar surface area (TPSA) is 59.6 Å². The molecule has 5 nitrogen and oxygen atoms in total. The van der Waals surface area contributed by atoms with E-state index in [4.69, 9.17) is 21.1 Å². The first-order valence-electron chi connectivity index (χ1n) is 6.28. The first-order valence-corrected chi connectivity index (χ1v) is 6.65. The van der Waals surface area contributed by atoms with E-state index >= 15 is 0 Å². The summed E-state index contributed by atoms with van der Waals surface area (Å²) >= 11 is 5.76. The molecule has 6 heteroatoms. The summed E-state index contributed by atoms with van der Waals surface area (Å²) in [5.41, 5.74) is 0.701. The second kappa shape index (κ2) is 7.33. The van der Waals surface area contributed by atoms with Gasteiger partial charge >= 0.3 is 6.03 Å². The van der Waals surface area contributed by atoms with Gasteiger partial charge in [0.1, 0.15) is 0 Å². The van der Waals surface area contributed by atoms with Crippen LogP contribution >= 0.6 is 11.6 Å². The van der Waals surface area contributed by atoms with Crippen molar-refractivity contribution in [3.8, 4) is 0 Å². The molecule has 1 saturated heterocycles. The molecule has 2 rings (SSSR count). The number of amides is 2. The molecule has 2 N–H and O–H groups in total. The van der Waals surface area contributed by atoms with E-state index in [-0.39, 0.29) is 12.3 Å². The summed E-state index contributed by atoms with van der Waals surface area (Å²) in [4.78, 5) is 11.6. The van der Waals surface area contributed by atoms with Gasteiger partial charge in [-0.1, -0.05) is 11.6 Å². The van der Waals surface area contributed by atoms with Crippen LogP contribution in [0.4, 0.5) is 10.5 Å². The Morgan fingerprint density at radius 2 is 1.95 bits per heavy atom. The number of rotatable bonds is 4. The lowest BCUT2D eigenvalue weighted by molar-refractivity contribution is -0.180. The van der Waals surface area contributed by atoms with Gasteiger partial charge < -0.3 is 20.1 Å². The van der Waals surface area contributed by atoms with Crippen LogP contribution in [0.1, 0.15) is 12.8 Å². The summed E-state index contributed by atoms with van der Waals surface area (Å²) in [5, 5.41) is 6.10. The minimum absolute atomic E-state index is 0.204. The Morgan fingerprint density at radius 3 is 2.63 bits per heavy atom. The van der Waals surface area contributed by atoms with E-state index in [1.165, 1.54) is 0 Å². The zero-order chi connectivity index (χ0) is 13.5. The van der Waals surface area contributed by atoms with Gasteiger partial charge in [0.25, 0.3) is 0 Å². The van der Waals surface area contributed by atoms with Gasteiger partial charge in [-0.15, -0.1) is 0 Å². The molecule has 1 heterocycles. The van der Waals surface area contributed by atoms with E-state index in [0.29, 0.717) is 23.7 Å². The first kappa shape index (κ1) is 14.1. The minimum Gasteiger partial charge on any atom is -0.353 e. The molecule has 0 atom stereocenters. The highest BCUT2D eigenvalue weighted by Gasteiger charge is 2.13. The van der Waals surface area contributed by atoms with Crippen molar-refractivity contribution in [2.24, 2.45) is 0 Å². The Bertz CT molecular complexity index is 405. The second-order valence-corrected chi connectivity index (χ2v) is 4.64. The van der Waals surface area contributed by atoms with Gasteiger partial charge in [0.05, 0.1) is 13.2 Å². The van der Waals surface area contributed by atoms with Crippen molar-refractivity contribution in [2.75, 3.05) is 25.1 Å². The van der Waals surface area contributed by atoms with Crippen LogP contribution in [-0.2, 0) is 9.47 Å². The van der Waals surface area contributed by atoms with Gasteiger partial charge in [-0.3, -0.25) is 0 Å². The Labute approximate surface area is 117 Å². The standard InChI is InChI=1S/C13H17ClN2O3/c14-10-2-4-11(5-3-10)16-13(17)15-7-6-12-18-8-1-9-19-12/h2-5,12H,1,6-9H2,(H2,15,16,17). The van der Waals surface area contributed by atoms with Crippen LogP contribution in [-0.4, -0.2) is 32.1 Å². The summed E-state index contributed by atoms with van der Waals surface area (Å²) < 4.78 is 10.8. The maximum absolute atomic E-state index is 11.6. The van der Waals surface area contributed by atoms with Crippen molar-refractivity contribution in [1.82, 2.24) is 5.32 Å². The number of carbonyl (C=O) groups is 1. The van der Waals surface area contributed by atoms with Crippen molar-refractivity contribution in [3.05, 3.63) is 29.3 Å². The average Bonchev–Trinajstić information content (AvgIpc) is 2.43. The maximum atomic E-state index is 11.6. The Kier molecular flexibility index (Phi) is 5.44. The molecule has 2 amide bonds. The molecule has 0 radical (unpaired) electrons. The summed E-state index contributed by atoms with van der Waals surface area (Å²) in [5.74, 6) is 0. The molecule has 0 aromatic heterocycles. The Hall–Kier alpha value is -1.30. The third-order valence-corrected chi connectivity index (χ3v) is 2.92. The molecule has 1 aromatic carbocycles. The van der Waals surface area contributed by atoms with Crippen molar-refractivity contribution >= 4 is 23.3 Å². The average molecular weight is 285 g/mol. The minimum atomic E-state index is -0.252. The number of carbonyl (C=O) groups excluding carboxylic acids is 1. The van der Waals surface area contributed by atoms with Crippen LogP contribution in [0.15, 0.2) is 24.3 Å². The highest BCUT2D eigenvalue weighted by atomic mass is 35.5. The smallest absolute Gasteiger partial charge is 0.319 e. The quantitative estimate of drug-likeness (QED) is 0.893. The fraction of sp³-hybridized carbons (Fsp3) is 0.462. The van der Waals surface area contributed by atoms with Crippen molar-refractivity contribution in [2.45, 2.75) is 19.1 Å². The lowest BCUT2D eigenvalue weighted by Crippen LogP contribution is -2.33. The third-order valence-electron chi connectivity index (χ3n) is 2.66. The second-order valence-electron chi connectivity index (χ2n) is 4.20. The van der Waals surface area contributed by atoms with Crippen LogP contribution < -0.4 is 10.6 Å². The monoisotopic (exact) mass is 284 g/mol. The predicted octanol–water partition coefficient (Wildman–Crippen LogP) is 2.61. The van der Waals surface area contributed by atoms with Crippen LogP contribution in [0.3, 0.4) is 0 Å². The number of ether oxygens (including phenoxy) is 2. The molecule has 0 saturated carbocycles. The van der Waals surface area contributed by atoms with E-state index in [1.54, 1.807) is 24.3 Å². The normalized spacial score (nSPS) is 16.1. The van der Waals surface area contributed by atoms with E-state index < -0.39 is 0 Å². The van der Waals surface area contributed by atoms with Crippen LogP contribution in [0.5, 0.6) is 0 Å². The number of anilines is 1. The fourth-order valence-corrected chi connectivity index (χ4v) is 1.84. The Morgan fingerprint density at radius 1 is 1.26 bits per heavy atom. The molecular weight excluding hydrogens is 268 g/mol.